The Balaban J connectivity index is 1.49. The van der Waals surface area contributed by atoms with Crippen molar-refractivity contribution in [2.75, 3.05) is 23.0 Å². The van der Waals surface area contributed by atoms with E-state index in [0.29, 0.717) is 0 Å². The molecule has 14 heteroatoms. The summed E-state index contributed by atoms with van der Waals surface area (Å²) in [5.41, 5.74) is 1.34. The predicted molar refractivity (Wildman–Crippen MR) is 130 cm³/mol. The minimum atomic E-state index is -3.39. The van der Waals surface area contributed by atoms with Gasteiger partial charge in [0.2, 0.25) is 0 Å². The minimum Gasteiger partial charge on any atom is -0.288 e. The van der Waals surface area contributed by atoms with Crippen molar-refractivity contribution in [3.63, 3.8) is 0 Å². The molecule has 5 rings (SSSR count). The summed E-state index contributed by atoms with van der Waals surface area (Å²) in [4.78, 5) is 24.9. The van der Waals surface area contributed by atoms with Gasteiger partial charge in [-0.25, -0.2) is 16.8 Å². The van der Waals surface area contributed by atoms with E-state index in [4.69, 9.17) is 0 Å². The Morgan fingerprint density at radius 1 is 0.611 bits per heavy atom. The molecule has 12 nitrogen and oxygen atoms in total. The highest BCUT2D eigenvalue weighted by Crippen LogP contribution is 2.39. The fraction of sp³-hybridized carbons (Fsp3) is 0.455. The molecule has 0 bridgehead atoms. The molecule has 0 saturated carbocycles. The molecule has 192 valence electrons. The molecule has 3 aliphatic rings. The van der Waals surface area contributed by atoms with Crippen LogP contribution in [0.1, 0.15) is 11.1 Å². The van der Waals surface area contributed by atoms with Crippen LogP contribution in [-0.2, 0) is 32.8 Å². The van der Waals surface area contributed by atoms with E-state index < -0.39 is 53.7 Å². The molecule has 0 unspecified atom stereocenters. The molecule has 0 N–H and O–H groups in total. The van der Waals surface area contributed by atoms with Crippen molar-refractivity contribution in [2.45, 2.75) is 37.3 Å². The van der Waals surface area contributed by atoms with E-state index >= 15 is 0 Å². The maximum absolute atomic E-state index is 12.8. The normalized spacial score (nSPS) is 28.9. The largest absolute Gasteiger partial charge is 0.288 e. The predicted octanol–water partition coefficient (Wildman–Crippen LogP) is 1.15. The number of non-ortho nitro benzene ring substituents is 2. The third-order valence-corrected chi connectivity index (χ3v) is 10.7. The Labute approximate surface area is 207 Å². The van der Waals surface area contributed by atoms with Crippen LogP contribution in [0.5, 0.6) is 0 Å². The molecule has 0 radical (unpaired) electrons. The van der Waals surface area contributed by atoms with Crippen LogP contribution >= 0.6 is 0 Å². The summed E-state index contributed by atoms with van der Waals surface area (Å²) in [5.74, 6) is -0.426. The highest BCUT2D eigenvalue weighted by atomic mass is 32.2. The van der Waals surface area contributed by atoms with Gasteiger partial charge in [-0.1, -0.05) is 24.3 Å². The Morgan fingerprint density at radius 3 is 1.14 bits per heavy atom. The maximum atomic E-state index is 12.8. The van der Waals surface area contributed by atoms with Crippen LogP contribution in [0.15, 0.2) is 48.5 Å². The topological polar surface area (TPSA) is 161 Å². The van der Waals surface area contributed by atoms with Gasteiger partial charge in [0, 0.05) is 61.5 Å². The van der Waals surface area contributed by atoms with Gasteiger partial charge in [-0.05, 0) is 11.1 Å². The van der Waals surface area contributed by atoms with Crippen molar-refractivity contribution in [3.8, 4) is 0 Å². The van der Waals surface area contributed by atoms with Crippen molar-refractivity contribution in [1.29, 1.82) is 0 Å². The first kappa shape index (κ1) is 24.7. The summed E-state index contributed by atoms with van der Waals surface area (Å²) < 4.78 is 51.0. The number of fused-ring (bicyclic) bond motifs is 2. The van der Waals surface area contributed by atoms with Gasteiger partial charge in [0.25, 0.3) is 11.4 Å². The molecular formula is C22H24N4O8S2. The Bertz CT molecular complexity index is 1270. The summed E-state index contributed by atoms with van der Waals surface area (Å²) in [5, 5.41) is 22.0. The van der Waals surface area contributed by atoms with E-state index in [1.165, 1.54) is 24.3 Å². The van der Waals surface area contributed by atoms with Crippen LogP contribution in [-0.4, -0.2) is 83.7 Å². The molecule has 3 fully saturated rings. The summed E-state index contributed by atoms with van der Waals surface area (Å²) in [6.07, 6.45) is 0. The van der Waals surface area contributed by atoms with Crippen molar-refractivity contribution in [3.05, 3.63) is 79.9 Å². The van der Waals surface area contributed by atoms with Gasteiger partial charge >= 0.3 is 0 Å². The van der Waals surface area contributed by atoms with Gasteiger partial charge < -0.3 is 0 Å². The molecule has 36 heavy (non-hydrogen) atoms. The van der Waals surface area contributed by atoms with Crippen LogP contribution < -0.4 is 0 Å². The Kier molecular flexibility index (Phi) is 6.09. The Morgan fingerprint density at radius 2 is 0.889 bits per heavy atom. The zero-order valence-electron chi connectivity index (χ0n) is 19.0. The van der Waals surface area contributed by atoms with E-state index in [-0.39, 0.29) is 47.5 Å². The summed E-state index contributed by atoms with van der Waals surface area (Å²) in [7, 11) is -6.77. The van der Waals surface area contributed by atoms with Gasteiger partial charge in [0.15, 0.2) is 19.7 Å². The molecular weight excluding hydrogens is 512 g/mol. The van der Waals surface area contributed by atoms with Crippen LogP contribution in [0.2, 0.25) is 0 Å². The maximum Gasteiger partial charge on any atom is 0.269 e. The SMILES string of the molecule is O=[N+]([O-])c1ccc(CN2[C@@H]3CS(=O)(=O)C[C@@H]3N(Cc3ccc([N+](=O)[O-])cc3)[C@@H]3CS(=O)(=O)C[C@@H]32)cc1. The third-order valence-electron chi connectivity index (χ3n) is 7.32. The molecule has 3 aliphatic heterocycles. The van der Waals surface area contributed by atoms with Crippen LogP contribution in [0.25, 0.3) is 0 Å². The van der Waals surface area contributed by atoms with Gasteiger partial charge in [-0.15, -0.1) is 0 Å². The van der Waals surface area contributed by atoms with E-state index in [0.717, 1.165) is 11.1 Å². The van der Waals surface area contributed by atoms with Gasteiger partial charge in [-0.3, -0.25) is 30.0 Å². The number of nitrogens with zero attached hydrogens (tertiary/aromatic N) is 4. The number of piperazine rings is 1. The molecule has 2 aromatic carbocycles. The molecule has 0 spiro atoms. The van der Waals surface area contributed by atoms with Crippen LogP contribution in [0.4, 0.5) is 11.4 Å². The standard InChI is InChI=1S/C22H24N4O8S2/c27-25(28)17-5-1-15(2-6-17)9-23-19-11-35(31,32)13-21(19)24(22-14-36(33,34)12-20(22)23)10-16-3-7-18(8-4-16)26(29)30/h1-8,19-22H,9-14H2/t19-,20+,21+,22-. The lowest BCUT2D eigenvalue weighted by Crippen LogP contribution is -2.67. The average molecular weight is 537 g/mol. The summed E-state index contributed by atoms with van der Waals surface area (Å²) >= 11 is 0. The second-order valence-electron chi connectivity index (χ2n) is 9.61. The number of nitro benzene ring substituents is 2. The first-order valence-electron chi connectivity index (χ1n) is 11.3. The molecule has 3 saturated heterocycles. The second kappa shape index (κ2) is 8.87. The Hall–Kier alpha value is -2.94. The number of sulfone groups is 2. The zero-order chi connectivity index (χ0) is 25.8. The number of benzene rings is 2. The first-order chi connectivity index (χ1) is 16.9. The van der Waals surface area contributed by atoms with Crippen molar-refractivity contribution < 1.29 is 26.7 Å². The van der Waals surface area contributed by atoms with E-state index in [1.54, 1.807) is 24.3 Å². The van der Waals surface area contributed by atoms with E-state index in [2.05, 4.69) is 0 Å². The van der Waals surface area contributed by atoms with Gasteiger partial charge in [0.05, 0.1) is 32.9 Å². The van der Waals surface area contributed by atoms with Gasteiger partial charge in [0.1, 0.15) is 0 Å². The molecule has 0 aliphatic carbocycles. The first-order valence-corrected chi connectivity index (χ1v) is 15.0. The molecule has 4 atom stereocenters. The smallest absolute Gasteiger partial charge is 0.269 e. The van der Waals surface area contributed by atoms with E-state index in [9.17, 15) is 37.1 Å². The number of hydrogen-bond acceptors (Lipinski definition) is 10. The number of hydrogen-bond donors (Lipinski definition) is 0. The highest BCUT2D eigenvalue weighted by Gasteiger charge is 2.57. The number of rotatable bonds is 6. The van der Waals surface area contributed by atoms with Crippen molar-refractivity contribution in [2.24, 2.45) is 0 Å². The zero-order valence-corrected chi connectivity index (χ0v) is 20.7. The minimum absolute atomic E-state index is 0.0608. The van der Waals surface area contributed by atoms with Crippen LogP contribution in [0, 0.1) is 20.2 Å². The molecule has 3 heterocycles. The fourth-order valence-corrected chi connectivity index (χ4v) is 9.72. The second-order valence-corrected chi connectivity index (χ2v) is 13.9. The van der Waals surface area contributed by atoms with Crippen molar-refractivity contribution in [1.82, 2.24) is 9.80 Å². The third kappa shape index (κ3) is 4.73. The lowest BCUT2D eigenvalue weighted by molar-refractivity contribution is -0.385. The monoisotopic (exact) mass is 536 g/mol. The quantitative estimate of drug-likeness (QED) is 0.387. The van der Waals surface area contributed by atoms with Gasteiger partial charge in [-0.2, -0.15) is 0 Å². The fourth-order valence-electron chi connectivity index (χ4n) is 5.72. The number of nitro groups is 2. The molecule has 0 aromatic heterocycles. The molecule has 0 amide bonds. The summed E-state index contributed by atoms with van der Waals surface area (Å²) in [6.45, 7) is 0.549. The lowest BCUT2D eigenvalue weighted by Gasteiger charge is -2.51. The van der Waals surface area contributed by atoms with Crippen molar-refractivity contribution >= 4 is 31.0 Å². The van der Waals surface area contributed by atoms with Crippen LogP contribution in [0.3, 0.4) is 0 Å². The highest BCUT2D eigenvalue weighted by molar-refractivity contribution is 7.92. The molecule has 2 aromatic rings. The van der Waals surface area contributed by atoms with E-state index in [1.807, 2.05) is 9.80 Å². The average Bonchev–Trinajstić information content (AvgIpc) is 3.31. The summed E-state index contributed by atoms with van der Waals surface area (Å²) in [6, 6.07) is 10.2. The lowest BCUT2D eigenvalue weighted by atomic mass is 9.93.